The highest BCUT2D eigenvalue weighted by atomic mass is 16.5. The molecule has 128 valence electrons. The highest BCUT2D eigenvalue weighted by molar-refractivity contribution is 5.78. The van der Waals surface area contributed by atoms with E-state index in [0.717, 1.165) is 34.0 Å². The first-order chi connectivity index (χ1) is 12.2. The van der Waals surface area contributed by atoms with Crippen molar-refractivity contribution in [1.82, 2.24) is 9.97 Å². The minimum Gasteiger partial charge on any atom is -0.497 e. The molecule has 0 amide bonds. The molecule has 0 saturated heterocycles. The number of hydrogen-bond donors (Lipinski definition) is 0. The van der Waals surface area contributed by atoms with Gasteiger partial charge in [0.25, 0.3) is 0 Å². The summed E-state index contributed by atoms with van der Waals surface area (Å²) in [4.78, 5) is 9.23. The Morgan fingerprint density at radius 3 is 1.76 bits per heavy atom. The fourth-order valence-corrected chi connectivity index (χ4v) is 2.50. The van der Waals surface area contributed by atoms with Gasteiger partial charge in [0.15, 0.2) is 0 Å². The Bertz CT molecular complexity index is 831. The van der Waals surface area contributed by atoms with E-state index in [9.17, 15) is 0 Å². The highest BCUT2D eigenvalue weighted by Crippen LogP contribution is 2.32. The molecule has 5 nitrogen and oxygen atoms in total. The van der Waals surface area contributed by atoms with E-state index in [0.29, 0.717) is 12.5 Å². The molecule has 0 atom stereocenters. The van der Waals surface area contributed by atoms with Crippen LogP contribution in [0, 0.1) is 0 Å². The number of methoxy groups -OCH3 is 2. The van der Waals surface area contributed by atoms with Crippen LogP contribution in [0.4, 0.5) is 0 Å². The van der Waals surface area contributed by atoms with Gasteiger partial charge in [-0.2, -0.15) is 0 Å². The van der Waals surface area contributed by atoms with Gasteiger partial charge in [-0.3, -0.25) is 0 Å². The van der Waals surface area contributed by atoms with Crippen molar-refractivity contribution in [3.8, 4) is 39.9 Å². The van der Waals surface area contributed by atoms with Crippen LogP contribution in [0.2, 0.25) is 0 Å². The lowest BCUT2D eigenvalue weighted by molar-refractivity contribution is 0.326. The number of ether oxygens (including phenoxy) is 3. The van der Waals surface area contributed by atoms with Gasteiger partial charge in [-0.05, 0) is 55.5 Å². The summed E-state index contributed by atoms with van der Waals surface area (Å²) in [6.45, 7) is 2.46. The minimum atomic E-state index is 0.505. The van der Waals surface area contributed by atoms with Crippen molar-refractivity contribution in [2.45, 2.75) is 6.92 Å². The van der Waals surface area contributed by atoms with Crippen LogP contribution in [0.15, 0.2) is 54.7 Å². The van der Waals surface area contributed by atoms with Crippen LogP contribution < -0.4 is 14.2 Å². The summed E-state index contributed by atoms with van der Waals surface area (Å²) in [5, 5.41) is 0. The van der Waals surface area contributed by atoms with E-state index in [2.05, 4.69) is 9.97 Å². The molecule has 1 aromatic heterocycles. The molecule has 0 radical (unpaired) electrons. The van der Waals surface area contributed by atoms with E-state index in [1.807, 2.05) is 55.5 Å². The van der Waals surface area contributed by atoms with Gasteiger partial charge in [0, 0.05) is 11.1 Å². The quantitative estimate of drug-likeness (QED) is 0.674. The average Bonchev–Trinajstić information content (AvgIpc) is 2.68. The lowest BCUT2D eigenvalue weighted by atomic mass is 10.0. The van der Waals surface area contributed by atoms with E-state index >= 15 is 0 Å². The number of hydrogen-bond acceptors (Lipinski definition) is 5. The molecule has 0 aliphatic rings. The second kappa shape index (κ2) is 7.66. The molecule has 3 aromatic rings. The van der Waals surface area contributed by atoms with Crippen LogP contribution in [0.25, 0.3) is 22.5 Å². The summed E-state index contributed by atoms with van der Waals surface area (Å²) < 4.78 is 16.0. The lowest BCUT2D eigenvalue weighted by Gasteiger charge is -2.11. The van der Waals surface area contributed by atoms with Gasteiger partial charge in [-0.1, -0.05) is 0 Å². The van der Waals surface area contributed by atoms with E-state index in [1.165, 1.54) is 0 Å². The first kappa shape index (κ1) is 16.8. The third-order valence-corrected chi connectivity index (χ3v) is 3.77. The molecule has 5 heteroatoms. The molecule has 0 unspecified atom stereocenters. The largest absolute Gasteiger partial charge is 0.497 e. The zero-order valence-corrected chi connectivity index (χ0v) is 14.5. The summed E-state index contributed by atoms with van der Waals surface area (Å²) in [6.07, 6.45) is 1.65. The van der Waals surface area contributed by atoms with Crippen molar-refractivity contribution in [2.75, 3.05) is 20.8 Å². The van der Waals surface area contributed by atoms with Gasteiger partial charge in [-0.25, -0.2) is 9.97 Å². The standard InChI is InChI=1S/C20H20N2O3/c1-4-25-18-13-21-19(14-5-9-16(23-2)10-6-14)20(22-18)15-7-11-17(24-3)12-8-15/h5-13H,4H2,1-3H3. The lowest BCUT2D eigenvalue weighted by Crippen LogP contribution is -1.99. The number of nitrogens with zero attached hydrogens (tertiary/aromatic N) is 2. The molecule has 0 saturated carbocycles. The van der Waals surface area contributed by atoms with Crippen molar-refractivity contribution in [2.24, 2.45) is 0 Å². The van der Waals surface area contributed by atoms with Gasteiger partial charge in [-0.15, -0.1) is 0 Å². The van der Waals surface area contributed by atoms with Crippen molar-refractivity contribution in [3.05, 3.63) is 54.7 Å². The Kier molecular flexibility index (Phi) is 5.14. The second-order valence-corrected chi connectivity index (χ2v) is 5.30. The topological polar surface area (TPSA) is 53.5 Å². The molecule has 0 bridgehead atoms. The first-order valence-electron chi connectivity index (χ1n) is 8.04. The maximum Gasteiger partial charge on any atom is 0.232 e. The highest BCUT2D eigenvalue weighted by Gasteiger charge is 2.13. The third kappa shape index (κ3) is 3.71. The SMILES string of the molecule is CCOc1cnc(-c2ccc(OC)cc2)c(-c2ccc(OC)cc2)n1. The molecule has 25 heavy (non-hydrogen) atoms. The fourth-order valence-electron chi connectivity index (χ4n) is 2.50. The fraction of sp³-hybridized carbons (Fsp3) is 0.200. The van der Waals surface area contributed by atoms with Crippen molar-refractivity contribution in [1.29, 1.82) is 0 Å². The van der Waals surface area contributed by atoms with Crippen LogP contribution in [-0.2, 0) is 0 Å². The molecule has 0 aliphatic heterocycles. The van der Waals surface area contributed by atoms with Crippen molar-refractivity contribution in [3.63, 3.8) is 0 Å². The summed E-state index contributed by atoms with van der Waals surface area (Å²) in [7, 11) is 3.29. The van der Waals surface area contributed by atoms with Gasteiger partial charge in [0.2, 0.25) is 5.88 Å². The number of benzene rings is 2. The van der Waals surface area contributed by atoms with Crippen molar-refractivity contribution >= 4 is 0 Å². The van der Waals surface area contributed by atoms with Gasteiger partial charge in [0.05, 0.1) is 32.7 Å². The number of rotatable bonds is 6. The first-order valence-corrected chi connectivity index (χ1v) is 8.04. The molecule has 1 heterocycles. The summed E-state index contributed by atoms with van der Waals surface area (Å²) in [5.74, 6) is 2.10. The Labute approximate surface area is 147 Å². The van der Waals surface area contributed by atoms with Crippen molar-refractivity contribution < 1.29 is 14.2 Å². The maximum atomic E-state index is 5.52. The molecule has 0 aliphatic carbocycles. The average molecular weight is 336 g/mol. The molecule has 3 rings (SSSR count). The predicted octanol–water partition coefficient (Wildman–Crippen LogP) is 4.23. The van der Waals surface area contributed by atoms with Crippen LogP contribution in [0.1, 0.15) is 6.92 Å². The molecule has 2 aromatic carbocycles. The molecule has 0 fully saturated rings. The molecule has 0 N–H and O–H groups in total. The molecule has 0 spiro atoms. The van der Waals surface area contributed by atoms with Crippen LogP contribution in [-0.4, -0.2) is 30.8 Å². The maximum absolute atomic E-state index is 5.52. The summed E-state index contributed by atoms with van der Waals surface area (Å²) in [5.41, 5.74) is 3.46. The van der Waals surface area contributed by atoms with Crippen LogP contribution in [0.3, 0.4) is 0 Å². The van der Waals surface area contributed by atoms with E-state index in [1.54, 1.807) is 20.4 Å². The Morgan fingerprint density at radius 1 is 0.760 bits per heavy atom. The van der Waals surface area contributed by atoms with Crippen LogP contribution in [0.5, 0.6) is 17.4 Å². The minimum absolute atomic E-state index is 0.505. The zero-order valence-electron chi connectivity index (χ0n) is 14.5. The predicted molar refractivity (Wildman–Crippen MR) is 97.2 cm³/mol. The molecular weight excluding hydrogens is 316 g/mol. The van der Waals surface area contributed by atoms with Gasteiger partial charge < -0.3 is 14.2 Å². The smallest absolute Gasteiger partial charge is 0.232 e. The monoisotopic (exact) mass is 336 g/mol. The second-order valence-electron chi connectivity index (χ2n) is 5.30. The Balaban J connectivity index is 2.09. The number of aromatic nitrogens is 2. The van der Waals surface area contributed by atoms with Gasteiger partial charge in [0.1, 0.15) is 17.2 Å². The Morgan fingerprint density at radius 2 is 1.28 bits per heavy atom. The molecular formula is C20H20N2O3. The van der Waals surface area contributed by atoms with E-state index in [-0.39, 0.29) is 0 Å². The normalized spacial score (nSPS) is 10.4. The van der Waals surface area contributed by atoms with Crippen LogP contribution >= 0.6 is 0 Å². The van der Waals surface area contributed by atoms with E-state index < -0.39 is 0 Å². The third-order valence-electron chi connectivity index (χ3n) is 3.77. The van der Waals surface area contributed by atoms with Gasteiger partial charge >= 0.3 is 0 Å². The summed E-state index contributed by atoms with van der Waals surface area (Å²) >= 11 is 0. The Hall–Kier alpha value is -3.08. The van der Waals surface area contributed by atoms with E-state index in [4.69, 9.17) is 14.2 Å². The zero-order chi connectivity index (χ0) is 17.6. The summed E-state index contributed by atoms with van der Waals surface area (Å²) in [6, 6.07) is 15.5.